The lowest BCUT2D eigenvalue weighted by Gasteiger charge is -2.53. The zero-order valence-electron chi connectivity index (χ0n) is 12.4. The van der Waals surface area contributed by atoms with E-state index in [4.69, 9.17) is 4.74 Å². The Labute approximate surface area is 108 Å². The van der Waals surface area contributed by atoms with Crippen molar-refractivity contribution in [3.63, 3.8) is 0 Å². The van der Waals surface area contributed by atoms with Gasteiger partial charge in [0.05, 0.1) is 6.10 Å². The van der Waals surface area contributed by atoms with Crippen LogP contribution in [-0.4, -0.2) is 24.8 Å². The predicted octanol–water partition coefficient (Wildman–Crippen LogP) is 3.75. The average molecular weight is 241 g/mol. The summed E-state index contributed by atoms with van der Waals surface area (Å²) < 4.78 is 5.78. The molecule has 2 nitrogen and oxygen atoms in total. The second-order valence-corrected chi connectivity index (χ2v) is 5.99. The van der Waals surface area contributed by atoms with Gasteiger partial charge in [0.1, 0.15) is 0 Å². The zero-order valence-corrected chi connectivity index (χ0v) is 12.4. The van der Waals surface area contributed by atoms with Crippen LogP contribution in [-0.2, 0) is 4.74 Å². The Kier molecular flexibility index (Phi) is 5.94. The summed E-state index contributed by atoms with van der Waals surface area (Å²) in [5, 5.41) is 3.85. The molecule has 1 aliphatic rings. The molecule has 0 saturated heterocycles. The van der Waals surface area contributed by atoms with Gasteiger partial charge in [-0.05, 0) is 26.2 Å². The molecule has 0 aromatic carbocycles. The van der Waals surface area contributed by atoms with Crippen LogP contribution in [0.5, 0.6) is 0 Å². The van der Waals surface area contributed by atoms with E-state index in [0.29, 0.717) is 23.6 Å². The summed E-state index contributed by atoms with van der Waals surface area (Å²) in [6.07, 6.45) is 6.80. The van der Waals surface area contributed by atoms with Gasteiger partial charge in [-0.2, -0.15) is 0 Å². The van der Waals surface area contributed by atoms with Gasteiger partial charge in [0, 0.05) is 24.1 Å². The summed E-state index contributed by atoms with van der Waals surface area (Å²) in [4.78, 5) is 0. The molecule has 2 heteroatoms. The maximum absolute atomic E-state index is 5.78. The molecule has 0 aromatic heterocycles. The molecular formula is C15H31NO. The number of hydrogen-bond acceptors (Lipinski definition) is 2. The first-order valence-electron chi connectivity index (χ1n) is 7.43. The van der Waals surface area contributed by atoms with Gasteiger partial charge in [-0.1, -0.05) is 40.5 Å². The highest BCUT2D eigenvalue weighted by atomic mass is 16.5. The first kappa shape index (κ1) is 15.0. The van der Waals surface area contributed by atoms with Crippen LogP contribution in [0.4, 0.5) is 0 Å². The minimum Gasteiger partial charge on any atom is -0.378 e. The lowest BCUT2D eigenvalue weighted by molar-refractivity contribution is -0.116. The van der Waals surface area contributed by atoms with Gasteiger partial charge < -0.3 is 10.1 Å². The molecule has 1 N–H and O–H groups in total. The van der Waals surface area contributed by atoms with Gasteiger partial charge in [-0.3, -0.25) is 0 Å². The van der Waals surface area contributed by atoms with Crippen molar-refractivity contribution in [3.8, 4) is 0 Å². The van der Waals surface area contributed by atoms with E-state index in [-0.39, 0.29) is 0 Å². The van der Waals surface area contributed by atoms with Gasteiger partial charge in [0.25, 0.3) is 0 Å². The third-order valence-corrected chi connectivity index (χ3v) is 4.26. The van der Waals surface area contributed by atoms with Crippen molar-refractivity contribution >= 4 is 0 Å². The summed E-state index contributed by atoms with van der Waals surface area (Å²) in [5.74, 6) is 0. The molecule has 0 aromatic rings. The third-order valence-electron chi connectivity index (χ3n) is 4.26. The fourth-order valence-corrected chi connectivity index (χ4v) is 2.94. The van der Waals surface area contributed by atoms with Gasteiger partial charge in [-0.25, -0.2) is 0 Å². The van der Waals surface area contributed by atoms with Crippen LogP contribution < -0.4 is 5.32 Å². The largest absolute Gasteiger partial charge is 0.378 e. The van der Waals surface area contributed by atoms with Crippen LogP contribution >= 0.6 is 0 Å². The minimum atomic E-state index is 0.301. The van der Waals surface area contributed by atoms with Crippen molar-refractivity contribution in [2.45, 2.75) is 84.9 Å². The Morgan fingerprint density at radius 2 is 1.76 bits per heavy atom. The van der Waals surface area contributed by atoms with Gasteiger partial charge in [0.2, 0.25) is 0 Å². The molecule has 0 spiro atoms. The molecule has 1 saturated carbocycles. The molecule has 0 aliphatic heterocycles. The highest BCUT2D eigenvalue weighted by molar-refractivity contribution is 5.03. The highest BCUT2D eigenvalue weighted by Crippen LogP contribution is 2.43. The van der Waals surface area contributed by atoms with E-state index < -0.39 is 0 Å². The maximum Gasteiger partial charge on any atom is 0.0655 e. The Hall–Kier alpha value is -0.0800. The molecular weight excluding hydrogens is 210 g/mol. The molecule has 2 atom stereocenters. The zero-order chi connectivity index (χ0) is 12.9. The summed E-state index contributed by atoms with van der Waals surface area (Å²) in [7, 11) is 0. The lowest BCUT2D eigenvalue weighted by Crippen LogP contribution is -2.62. The predicted molar refractivity (Wildman–Crippen MR) is 74.3 cm³/mol. The number of ether oxygens (including phenoxy) is 1. The van der Waals surface area contributed by atoms with Crippen LogP contribution in [0.3, 0.4) is 0 Å². The summed E-state index contributed by atoms with van der Waals surface area (Å²) in [6.45, 7) is 12.2. The minimum absolute atomic E-state index is 0.301. The third kappa shape index (κ3) is 3.69. The normalized spacial score (nSPS) is 27.2. The van der Waals surface area contributed by atoms with Crippen LogP contribution in [0.1, 0.15) is 66.7 Å². The van der Waals surface area contributed by atoms with E-state index in [0.717, 1.165) is 6.61 Å². The van der Waals surface area contributed by atoms with E-state index in [2.05, 4.69) is 39.9 Å². The fraction of sp³-hybridized carbons (Fsp3) is 1.00. The quantitative estimate of drug-likeness (QED) is 0.699. The monoisotopic (exact) mass is 241 g/mol. The van der Waals surface area contributed by atoms with Crippen LogP contribution in [0.2, 0.25) is 0 Å². The Bertz CT molecular complexity index is 209. The molecule has 0 radical (unpaired) electrons. The Balaban J connectivity index is 2.41. The molecule has 0 amide bonds. The standard InChI is InChI=1S/C15H31NO/c1-6-9-12(10-7-2)16-13-11-14(17-8-3)15(13,4)5/h12-14,16H,6-11H2,1-5H3. The van der Waals surface area contributed by atoms with Crippen LogP contribution in [0.25, 0.3) is 0 Å². The molecule has 1 fully saturated rings. The SMILES string of the molecule is CCCC(CCC)NC1CC(OCC)C1(C)C. The summed E-state index contributed by atoms with van der Waals surface area (Å²) >= 11 is 0. The smallest absolute Gasteiger partial charge is 0.0655 e. The maximum atomic E-state index is 5.78. The van der Waals surface area contributed by atoms with Crippen molar-refractivity contribution < 1.29 is 4.74 Å². The first-order valence-corrected chi connectivity index (χ1v) is 7.43. The molecule has 1 aliphatic carbocycles. The Morgan fingerprint density at radius 1 is 1.18 bits per heavy atom. The van der Waals surface area contributed by atoms with Crippen molar-refractivity contribution in [2.24, 2.45) is 5.41 Å². The van der Waals surface area contributed by atoms with Gasteiger partial charge >= 0.3 is 0 Å². The molecule has 1 rings (SSSR count). The van der Waals surface area contributed by atoms with Gasteiger partial charge in [-0.15, -0.1) is 0 Å². The van der Waals surface area contributed by atoms with Crippen molar-refractivity contribution in [3.05, 3.63) is 0 Å². The van der Waals surface area contributed by atoms with E-state index in [1.165, 1.54) is 32.1 Å². The van der Waals surface area contributed by atoms with Crippen LogP contribution in [0, 0.1) is 5.41 Å². The van der Waals surface area contributed by atoms with E-state index in [9.17, 15) is 0 Å². The van der Waals surface area contributed by atoms with Crippen molar-refractivity contribution in [1.29, 1.82) is 0 Å². The number of hydrogen-bond donors (Lipinski definition) is 1. The second kappa shape index (κ2) is 6.75. The van der Waals surface area contributed by atoms with E-state index in [1.807, 2.05) is 0 Å². The molecule has 2 unspecified atom stereocenters. The van der Waals surface area contributed by atoms with E-state index >= 15 is 0 Å². The van der Waals surface area contributed by atoms with Gasteiger partial charge in [0.15, 0.2) is 0 Å². The molecule has 0 bridgehead atoms. The molecule has 102 valence electrons. The summed E-state index contributed by atoms with van der Waals surface area (Å²) in [6, 6.07) is 1.35. The summed E-state index contributed by atoms with van der Waals surface area (Å²) in [5.41, 5.74) is 0.301. The fourth-order valence-electron chi connectivity index (χ4n) is 2.94. The van der Waals surface area contributed by atoms with E-state index in [1.54, 1.807) is 0 Å². The number of rotatable bonds is 8. The number of nitrogens with one attached hydrogen (secondary N) is 1. The topological polar surface area (TPSA) is 21.3 Å². The van der Waals surface area contributed by atoms with Crippen molar-refractivity contribution in [2.75, 3.05) is 6.61 Å². The molecule has 17 heavy (non-hydrogen) atoms. The highest BCUT2D eigenvalue weighted by Gasteiger charge is 2.49. The van der Waals surface area contributed by atoms with Crippen molar-refractivity contribution in [1.82, 2.24) is 5.32 Å². The molecule has 0 heterocycles. The Morgan fingerprint density at radius 3 is 2.18 bits per heavy atom. The van der Waals surface area contributed by atoms with Crippen LogP contribution in [0.15, 0.2) is 0 Å². The first-order chi connectivity index (χ1) is 8.06. The second-order valence-electron chi connectivity index (χ2n) is 5.99. The average Bonchev–Trinajstić information content (AvgIpc) is 2.28. The lowest BCUT2D eigenvalue weighted by atomic mass is 9.64.